The summed E-state index contributed by atoms with van der Waals surface area (Å²) in [5, 5.41) is 2.71. The molecule has 0 bridgehead atoms. The lowest BCUT2D eigenvalue weighted by Gasteiger charge is -2.26. The number of thiophene rings is 1. The predicted octanol–water partition coefficient (Wildman–Crippen LogP) is 4.14. The lowest BCUT2D eigenvalue weighted by molar-refractivity contribution is -0.116. The van der Waals surface area contributed by atoms with Crippen LogP contribution in [0.2, 0.25) is 0 Å². The summed E-state index contributed by atoms with van der Waals surface area (Å²) >= 11 is 1.57. The molecule has 1 aromatic heterocycles. The van der Waals surface area contributed by atoms with Gasteiger partial charge in [-0.2, -0.15) is 4.31 Å². The fraction of sp³-hybridized carbons (Fsp3) is 0.429. The van der Waals surface area contributed by atoms with Gasteiger partial charge >= 0.3 is 0 Å². The Labute approximate surface area is 176 Å². The zero-order chi connectivity index (χ0) is 21.0. The molecule has 1 aliphatic heterocycles. The SMILES string of the molecule is Cc1cc(C(=O)CCC(=O)Nc2cccc(S(=O)(=O)N3CCCCC3)c2)c(C)s1. The second-order valence-corrected chi connectivity index (χ2v) is 10.7. The molecule has 0 aliphatic carbocycles. The lowest BCUT2D eigenvalue weighted by Crippen LogP contribution is -2.35. The molecule has 0 unspecified atom stereocenters. The second kappa shape index (κ2) is 9.19. The smallest absolute Gasteiger partial charge is 0.243 e. The molecule has 1 amide bonds. The third-order valence-corrected chi connectivity index (χ3v) is 7.85. The van der Waals surface area contributed by atoms with E-state index in [0.717, 1.165) is 29.0 Å². The molecule has 1 saturated heterocycles. The highest BCUT2D eigenvalue weighted by atomic mass is 32.2. The van der Waals surface area contributed by atoms with Gasteiger partial charge in [-0.15, -0.1) is 11.3 Å². The van der Waals surface area contributed by atoms with Crippen molar-refractivity contribution in [3.63, 3.8) is 0 Å². The average molecular weight is 435 g/mol. The van der Waals surface area contributed by atoms with Crippen molar-refractivity contribution in [2.24, 2.45) is 0 Å². The van der Waals surface area contributed by atoms with Crippen molar-refractivity contribution in [1.29, 1.82) is 0 Å². The van der Waals surface area contributed by atoms with E-state index in [4.69, 9.17) is 0 Å². The van der Waals surface area contributed by atoms with E-state index in [1.807, 2.05) is 19.9 Å². The molecule has 1 fully saturated rings. The summed E-state index contributed by atoms with van der Waals surface area (Å²) in [5.74, 6) is -0.362. The number of carbonyl (C=O) groups is 2. The first-order valence-electron chi connectivity index (χ1n) is 9.77. The van der Waals surface area contributed by atoms with Crippen LogP contribution in [0.4, 0.5) is 5.69 Å². The average Bonchev–Trinajstić information content (AvgIpc) is 3.05. The number of piperidine rings is 1. The quantitative estimate of drug-likeness (QED) is 0.664. The zero-order valence-corrected chi connectivity index (χ0v) is 18.4. The molecule has 0 radical (unpaired) electrons. The normalized spacial score (nSPS) is 15.2. The summed E-state index contributed by atoms with van der Waals surface area (Å²) in [4.78, 5) is 26.8. The minimum Gasteiger partial charge on any atom is -0.326 e. The molecule has 8 heteroatoms. The molecule has 1 aliphatic rings. The van der Waals surface area contributed by atoms with Gasteiger partial charge in [-0.05, 0) is 51.0 Å². The van der Waals surface area contributed by atoms with Crippen molar-refractivity contribution in [3.05, 3.63) is 45.6 Å². The first-order chi connectivity index (χ1) is 13.8. The fourth-order valence-corrected chi connectivity index (χ4v) is 5.99. The maximum absolute atomic E-state index is 12.8. The minimum atomic E-state index is -3.56. The summed E-state index contributed by atoms with van der Waals surface area (Å²) in [5.41, 5.74) is 1.10. The largest absolute Gasteiger partial charge is 0.326 e. The van der Waals surface area contributed by atoms with Crippen molar-refractivity contribution in [1.82, 2.24) is 4.31 Å². The maximum atomic E-state index is 12.8. The van der Waals surface area contributed by atoms with Crippen molar-refractivity contribution < 1.29 is 18.0 Å². The molecule has 0 atom stereocenters. The van der Waals surface area contributed by atoms with E-state index < -0.39 is 10.0 Å². The molecule has 156 valence electrons. The summed E-state index contributed by atoms with van der Waals surface area (Å²) in [6, 6.07) is 8.16. The third-order valence-electron chi connectivity index (χ3n) is 4.99. The van der Waals surface area contributed by atoms with Crippen LogP contribution in [0, 0.1) is 13.8 Å². The summed E-state index contributed by atoms with van der Waals surface area (Å²) in [7, 11) is -3.56. The van der Waals surface area contributed by atoms with Crippen LogP contribution in [0.5, 0.6) is 0 Å². The summed E-state index contributed by atoms with van der Waals surface area (Å²) in [6.45, 7) is 4.91. The van der Waals surface area contributed by atoms with Crippen LogP contribution in [-0.2, 0) is 14.8 Å². The Balaban J connectivity index is 1.61. The van der Waals surface area contributed by atoms with E-state index >= 15 is 0 Å². The van der Waals surface area contributed by atoms with Crippen molar-refractivity contribution >= 4 is 38.7 Å². The van der Waals surface area contributed by atoms with Crippen LogP contribution in [-0.4, -0.2) is 37.5 Å². The monoisotopic (exact) mass is 434 g/mol. The van der Waals surface area contributed by atoms with Gasteiger partial charge in [0.25, 0.3) is 0 Å². The van der Waals surface area contributed by atoms with Crippen LogP contribution in [0.15, 0.2) is 35.2 Å². The zero-order valence-electron chi connectivity index (χ0n) is 16.7. The van der Waals surface area contributed by atoms with Crippen LogP contribution in [0.3, 0.4) is 0 Å². The lowest BCUT2D eigenvalue weighted by atomic mass is 10.1. The number of benzene rings is 1. The first kappa shape index (κ1) is 21.7. The van der Waals surface area contributed by atoms with Gasteiger partial charge < -0.3 is 5.32 Å². The van der Waals surface area contributed by atoms with Crippen LogP contribution in [0.25, 0.3) is 0 Å². The number of hydrogen-bond donors (Lipinski definition) is 1. The van der Waals surface area contributed by atoms with E-state index in [1.165, 1.54) is 10.4 Å². The van der Waals surface area contributed by atoms with E-state index in [0.29, 0.717) is 24.3 Å². The number of sulfonamides is 1. The van der Waals surface area contributed by atoms with Crippen molar-refractivity contribution in [2.45, 2.75) is 50.8 Å². The number of carbonyl (C=O) groups excluding carboxylic acids is 2. The Bertz CT molecular complexity index is 1010. The molecule has 2 heterocycles. The fourth-order valence-electron chi connectivity index (χ4n) is 3.48. The molecule has 1 aromatic carbocycles. The Morgan fingerprint density at radius 2 is 1.79 bits per heavy atom. The number of rotatable bonds is 7. The van der Waals surface area contributed by atoms with Crippen molar-refractivity contribution in [3.8, 4) is 0 Å². The first-order valence-corrected chi connectivity index (χ1v) is 12.0. The Kier molecular flexibility index (Phi) is 6.87. The van der Waals surface area contributed by atoms with Crippen LogP contribution in [0.1, 0.15) is 52.2 Å². The van der Waals surface area contributed by atoms with E-state index in [2.05, 4.69) is 5.32 Å². The number of Topliss-reactive ketones (excluding diaryl/α,β-unsaturated/α-hetero) is 1. The van der Waals surface area contributed by atoms with Gasteiger partial charge in [0.15, 0.2) is 5.78 Å². The topological polar surface area (TPSA) is 83.5 Å². The van der Waals surface area contributed by atoms with Gasteiger partial charge in [0, 0.05) is 46.9 Å². The number of nitrogens with one attached hydrogen (secondary N) is 1. The van der Waals surface area contributed by atoms with Gasteiger partial charge in [-0.3, -0.25) is 9.59 Å². The van der Waals surface area contributed by atoms with Gasteiger partial charge in [0.05, 0.1) is 4.90 Å². The molecule has 2 aromatic rings. The highest BCUT2D eigenvalue weighted by molar-refractivity contribution is 7.89. The number of amides is 1. The Morgan fingerprint density at radius 3 is 2.45 bits per heavy atom. The summed E-state index contributed by atoms with van der Waals surface area (Å²) in [6.07, 6.45) is 2.95. The standard InChI is InChI=1S/C21H26N2O4S2/c1-15-13-19(16(2)28-15)20(24)9-10-21(25)22-17-7-6-8-18(14-17)29(26,27)23-11-4-3-5-12-23/h6-8,13-14H,3-5,9-12H2,1-2H3,(H,22,25). The van der Waals surface area contributed by atoms with Crippen LogP contribution < -0.4 is 5.32 Å². The number of nitrogens with zero attached hydrogens (tertiary/aromatic N) is 1. The van der Waals surface area contributed by atoms with Gasteiger partial charge in [0.2, 0.25) is 15.9 Å². The molecular formula is C21H26N2O4S2. The Hall–Kier alpha value is -2.03. The molecule has 3 rings (SSSR count). The highest BCUT2D eigenvalue weighted by Crippen LogP contribution is 2.24. The van der Waals surface area contributed by atoms with Gasteiger partial charge in [-0.1, -0.05) is 12.5 Å². The third kappa shape index (κ3) is 5.32. The molecular weight excluding hydrogens is 408 g/mol. The van der Waals surface area contributed by atoms with E-state index in [9.17, 15) is 18.0 Å². The second-order valence-electron chi connectivity index (χ2n) is 7.29. The van der Waals surface area contributed by atoms with Gasteiger partial charge in [-0.25, -0.2) is 8.42 Å². The minimum absolute atomic E-state index is 0.0519. The number of anilines is 1. The maximum Gasteiger partial charge on any atom is 0.243 e. The Morgan fingerprint density at radius 1 is 1.07 bits per heavy atom. The molecule has 1 N–H and O–H groups in total. The molecule has 0 saturated carbocycles. The van der Waals surface area contributed by atoms with Crippen LogP contribution >= 0.6 is 11.3 Å². The number of ketones is 1. The predicted molar refractivity (Wildman–Crippen MR) is 115 cm³/mol. The summed E-state index contributed by atoms with van der Waals surface area (Å²) < 4.78 is 27.1. The number of hydrogen-bond acceptors (Lipinski definition) is 5. The number of aryl methyl sites for hydroxylation is 2. The van der Waals surface area contributed by atoms with Gasteiger partial charge in [0.1, 0.15) is 0 Å². The van der Waals surface area contributed by atoms with E-state index in [1.54, 1.807) is 29.5 Å². The van der Waals surface area contributed by atoms with E-state index in [-0.39, 0.29) is 29.4 Å². The molecule has 6 nitrogen and oxygen atoms in total. The highest BCUT2D eigenvalue weighted by Gasteiger charge is 2.26. The molecule has 0 spiro atoms. The molecule has 29 heavy (non-hydrogen) atoms. The van der Waals surface area contributed by atoms with Crippen molar-refractivity contribution in [2.75, 3.05) is 18.4 Å².